The van der Waals surface area contributed by atoms with Crippen molar-refractivity contribution in [2.45, 2.75) is 155 Å². The number of nitrogens with two attached hydrogens (primary N) is 1. The maximum atomic E-state index is 15.0. The molecule has 294 valence electrons. The molecule has 6 fully saturated rings. The van der Waals surface area contributed by atoms with Gasteiger partial charge < -0.3 is 36.2 Å². The van der Waals surface area contributed by atoms with Crippen molar-refractivity contribution in [3.63, 3.8) is 0 Å². The second-order valence-electron chi connectivity index (χ2n) is 19.8. The van der Waals surface area contributed by atoms with Gasteiger partial charge in [0.25, 0.3) is 0 Å². The summed E-state index contributed by atoms with van der Waals surface area (Å²) < 4.78 is 5.69. The van der Waals surface area contributed by atoms with Gasteiger partial charge in [0.1, 0.15) is 18.1 Å². The van der Waals surface area contributed by atoms with Gasteiger partial charge in [0.15, 0.2) is 0 Å². The van der Waals surface area contributed by atoms with Gasteiger partial charge in [0, 0.05) is 18.5 Å². The normalized spacial score (nSPS) is 32.7. The van der Waals surface area contributed by atoms with Crippen molar-refractivity contribution < 1.29 is 28.7 Å². The first kappa shape index (κ1) is 38.1. The minimum Gasteiger partial charge on any atom is -0.396 e. The van der Waals surface area contributed by atoms with Crippen molar-refractivity contribution >= 4 is 29.5 Å². The van der Waals surface area contributed by atoms with Crippen LogP contribution in [0.25, 0.3) is 0 Å². The van der Waals surface area contributed by atoms with Gasteiger partial charge in [-0.1, -0.05) is 60.3 Å². The molecule has 6 atom stereocenters. The van der Waals surface area contributed by atoms with Crippen LogP contribution in [0.4, 0.5) is 4.79 Å². The number of rotatable bonds is 7. The number of amides is 5. The van der Waals surface area contributed by atoms with E-state index in [-0.39, 0.29) is 57.3 Å². The average Bonchev–Trinajstić information content (AvgIpc) is 3.27. The second kappa shape index (κ2) is 13.3. The number of likely N-dealkylation sites (tertiary alicyclic amines) is 1. The van der Waals surface area contributed by atoms with Gasteiger partial charge in [0.05, 0.1) is 30.5 Å². The fourth-order valence-corrected chi connectivity index (χ4v) is 11.7. The molecule has 0 bridgehead atoms. The summed E-state index contributed by atoms with van der Waals surface area (Å²) in [5.41, 5.74) is 6.12. The molecule has 12 nitrogen and oxygen atoms in total. The zero-order valence-electron chi connectivity index (χ0n) is 33.2. The number of allylic oxidation sites excluding steroid dienone is 1. The lowest BCUT2D eigenvalue weighted by molar-refractivity contribution is -0.150. The number of carbonyl (C=O) groups excluding carboxylic acids is 5. The minimum absolute atomic E-state index is 0.00545. The number of nitrogens with one attached hydrogen (secondary N) is 3. The van der Waals surface area contributed by atoms with Crippen LogP contribution >= 0.6 is 0 Å². The lowest BCUT2D eigenvalue weighted by atomic mass is 9.69. The number of hydrogen-bond acceptors (Lipinski definition) is 7. The van der Waals surface area contributed by atoms with E-state index in [1.165, 1.54) is 0 Å². The summed E-state index contributed by atoms with van der Waals surface area (Å²) in [5.74, 6) is -0.764. The number of fused-ring (bicyclic) bond motifs is 2. The molecule has 0 aromatic carbocycles. The van der Waals surface area contributed by atoms with E-state index in [1.807, 2.05) is 39.5 Å². The van der Waals surface area contributed by atoms with Crippen LogP contribution in [-0.2, 0) is 23.9 Å². The van der Waals surface area contributed by atoms with Crippen LogP contribution < -0.4 is 21.7 Å². The van der Waals surface area contributed by atoms with Crippen LogP contribution in [0, 0.1) is 33.5 Å². The van der Waals surface area contributed by atoms with Crippen molar-refractivity contribution in [3.05, 3.63) is 11.3 Å². The quantitative estimate of drug-likeness (QED) is 0.305. The van der Waals surface area contributed by atoms with E-state index in [9.17, 15) is 24.0 Å². The summed E-state index contributed by atoms with van der Waals surface area (Å²) in [7, 11) is 0. The molecule has 53 heavy (non-hydrogen) atoms. The molecule has 2 aliphatic heterocycles. The van der Waals surface area contributed by atoms with Crippen LogP contribution in [0.1, 0.15) is 126 Å². The fourth-order valence-electron chi connectivity index (χ4n) is 11.7. The van der Waals surface area contributed by atoms with Crippen molar-refractivity contribution in [3.8, 4) is 0 Å². The Morgan fingerprint density at radius 1 is 0.925 bits per heavy atom. The molecule has 7 rings (SSSR count). The van der Waals surface area contributed by atoms with Gasteiger partial charge in [0.2, 0.25) is 23.5 Å². The van der Waals surface area contributed by atoms with Crippen molar-refractivity contribution in [1.82, 2.24) is 25.8 Å². The van der Waals surface area contributed by atoms with Crippen LogP contribution in [0.5, 0.6) is 0 Å². The standard InChI is InChI=1S/C41H64N6O6/c1-37(2,3)32(45-36(52)44-30(24-12-9-8-10-13-24)34(50)47-18-19-53-23-38(47,4)5)35(51)46-22-41(39(6,7)40(41)16-11-17-40)21-28(46)33(49)43-27-20-25-14-15-26(25)29(42)31(27)48/h24-25,27-28,30,32H,8-23,42H2,1-7H3,(H,43,49)(H2,44,45,52). The molecule has 0 aromatic rings. The average molecular weight is 737 g/mol. The van der Waals surface area contributed by atoms with E-state index in [0.717, 1.165) is 69.8 Å². The molecule has 2 saturated heterocycles. The van der Waals surface area contributed by atoms with Gasteiger partial charge in [-0.05, 0) is 98.9 Å². The van der Waals surface area contributed by atoms with Gasteiger partial charge in [-0.3, -0.25) is 19.2 Å². The lowest BCUT2D eigenvalue weighted by Crippen LogP contribution is -2.64. The molecular formula is C41H64N6O6. The van der Waals surface area contributed by atoms with Gasteiger partial charge in [-0.25, -0.2) is 4.79 Å². The Labute approximate surface area is 315 Å². The molecule has 0 aromatic heterocycles. The molecule has 5 N–H and O–H groups in total. The minimum atomic E-state index is -0.971. The molecule has 4 saturated carbocycles. The third-order valence-electron chi connectivity index (χ3n) is 15.4. The molecule has 12 heteroatoms. The first-order chi connectivity index (χ1) is 24.8. The molecule has 7 aliphatic rings. The van der Waals surface area contributed by atoms with Crippen LogP contribution in [0.2, 0.25) is 0 Å². The predicted octanol–water partition coefficient (Wildman–Crippen LogP) is 4.16. The summed E-state index contributed by atoms with van der Waals surface area (Å²) in [6.07, 6.45) is 10.9. The Bertz CT molecular complexity index is 1570. The number of ether oxygens (including phenoxy) is 1. The van der Waals surface area contributed by atoms with E-state index in [2.05, 4.69) is 29.8 Å². The molecule has 5 aliphatic carbocycles. The SMILES string of the molecule is CC(C)(C)C(NC(=O)NC(C(=O)N1CCOCC1(C)C)C1CCCCC1)C(=O)N1CC2(CC1C(=O)NC1CC3CCC3=C(N)C1=O)C(C)(C)C21CCC1. The number of hydrogen-bond donors (Lipinski definition) is 4. The Balaban J connectivity index is 1.13. The van der Waals surface area contributed by atoms with Crippen molar-refractivity contribution in [2.75, 3.05) is 26.3 Å². The molecule has 6 unspecified atom stereocenters. The summed E-state index contributed by atoms with van der Waals surface area (Å²) in [6, 6.07) is -3.74. The molecule has 0 radical (unpaired) electrons. The summed E-state index contributed by atoms with van der Waals surface area (Å²) in [5, 5.41) is 9.14. The summed E-state index contributed by atoms with van der Waals surface area (Å²) >= 11 is 0. The van der Waals surface area contributed by atoms with E-state index < -0.39 is 41.2 Å². The highest BCUT2D eigenvalue weighted by Crippen LogP contribution is 2.88. The Kier molecular flexibility index (Phi) is 9.54. The maximum Gasteiger partial charge on any atom is 0.316 e. The topological polar surface area (TPSA) is 163 Å². The number of ketones is 1. The fraction of sp³-hybridized carbons (Fsp3) is 0.829. The molecule has 5 amide bonds. The van der Waals surface area contributed by atoms with Gasteiger partial charge in [-0.2, -0.15) is 0 Å². The van der Waals surface area contributed by atoms with Gasteiger partial charge in [-0.15, -0.1) is 0 Å². The van der Waals surface area contributed by atoms with Crippen molar-refractivity contribution in [1.29, 1.82) is 0 Å². The lowest BCUT2D eigenvalue weighted by Gasteiger charge is -2.45. The number of carbonyl (C=O) groups is 5. The Morgan fingerprint density at radius 3 is 2.19 bits per heavy atom. The Morgan fingerprint density at radius 2 is 1.62 bits per heavy atom. The summed E-state index contributed by atoms with van der Waals surface area (Å²) in [4.78, 5) is 74.5. The predicted molar refractivity (Wildman–Crippen MR) is 200 cm³/mol. The second-order valence-corrected chi connectivity index (χ2v) is 19.8. The third-order valence-corrected chi connectivity index (χ3v) is 15.4. The first-order valence-corrected chi connectivity index (χ1v) is 20.5. The van der Waals surface area contributed by atoms with E-state index >= 15 is 0 Å². The van der Waals surface area contributed by atoms with Crippen LogP contribution in [-0.4, -0.2) is 95.3 Å². The molecule has 2 spiro atoms. The largest absolute Gasteiger partial charge is 0.396 e. The monoisotopic (exact) mass is 736 g/mol. The third kappa shape index (κ3) is 6.08. The highest BCUT2D eigenvalue weighted by atomic mass is 16.5. The maximum absolute atomic E-state index is 15.0. The number of urea groups is 1. The summed E-state index contributed by atoms with van der Waals surface area (Å²) in [6.45, 7) is 16.0. The van der Waals surface area contributed by atoms with Crippen molar-refractivity contribution in [2.24, 2.45) is 39.2 Å². The molecule has 2 heterocycles. The zero-order chi connectivity index (χ0) is 38.3. The smallest absolute Gasteiger partial charge is 0.316 e. The van der Waals surface area contributed by atoms with Crippen LogP contribution in [0.15, 0.2) is 11.3 Å². The first-order valence-electron chi connectivity index (χ1n) is 20.5. The van der Waals surface area contributed by atoms with E-state index in [4.69, 9.17) is 10.5 Å². The Hall–Kier alpha value is -3.15. The zero-order valence-corrected chi connectivity index (χ0v) is 33.2. The number of morpholine rings is 1. The van der Waals surface area contributed by atoms with Gasteiger partial charge >= 0.3 is 6.03 Å². The van der Waals surface area contributed by atoms with Crippen LogP contribution in [0.3, 0.4) is 0 Å². The highest BCUT2D eigenvalue weighted by Gasteiger charge is 2.85. The van der Waals surface area contributed by atoms with E-state index in [0.29, 0.717) is 39.1 Å². The van der Waals surface area contributed by atoms with E-state index in [1.54, 1.807) is 4.90 Å². The molecular weight excluding hydrogens is 672 g/mol. The number of nitrogens with zero attached hydrogens (tertiary/aromatic N) is 2. The number of Topliss-reactive ketones (excluding diaryl/α,β-unsaturated/α-hetero) is 1. The highest BCUT2D eigenvalue weighted by molar-refractivity contribution is 6.03.